The number of rotatable bonds is 13. The molecule has 18 nitrogen and oxygen atoms in total. The van der Waals surface area contributed by atoms with Gasteiger partial charge < -0.3 is 80.6 Å². The normalized spacial score (nSPS) is 37.7. The number of ether oxygens (including phenoxy) is 4. The highest BCUT2D eigenvalue weighted by atomic mass is 16.7. The number of carbonyl (C=O) groups excluding carboxylic acids is 2. The van der Waals surface area contributed by atoms with E-state index >= 15 is 0 Å². The molecule has 0 bridgehead atoms. The molecule has 0 aromatic heterocycles. The fraction of sp³-hybridized carbons (Fsp3) is 0.909. The van der Waals surface area contributed by atoms with Crippen molar-refractivity contribution in [1.82, 2.24) is 10.6 Å². The van der Waals surface area contributed by atoms with Crippen molar-refractivity contribution in [2.24, 2.45) is 0 Å². The van der Waals surface area contributed by atoms with Gasteiger partial charge in [-0.25, -0.2) is 0 Å². The van der Waals surface area contributed by atoms with Crippen LogP contribution in [0.2, 0.25) is 0 Å². The largest absolute Gasteiger partial charge is 0.394 e. The molecule has 0 radical (unpaired) electrons. The van der Waals surface area contributed by atoms with Crippen molar-refractivity contribution in [3.8, 4) is 0 Å². The van der Waals surface area contributed by atoms with Crippen LogP contribution in [0, 0.1) is 0 Å². The average Bonchev–Trinajstić information content (AvgIpc) is 2.91. The lowest BCUT2D eigenvalue weighted by atomic mass is 9.96. The van der Waals surface area contributed by atoms with Crippen molar-refractivity contribution in [1.29, 1.82) is 0 Å². The number of amides is 2. The van der Waals surface area contributed by atoms with Crippen LogP contribution in [0.15, 0.2) is 0 Å². The van der Waals surface area contributed by atoms with Crippen LogP contribution >= 0.6 is 0 Å². The Labute approximate surface area is 228 Å². The predicted molar refractivity (Wildman–Crippen MR) is 127 cm³/mol. The SMILES string of the molecule is CC(=O)N[C@H]1[C@H](OC[C@@H](O)[C@H](O)[C@H](O[C@@H]2O[C@H](CO)[C@H](O)[C@H](O)[C@H]2O)[C@H](CO)NC(C)=O)O[C@H](CO)[C@H](O)[C@@H]1O. The zero-order valence-corrected chi connectivity index (χ0v) is 21.8. The molecule has 0 unspecified atom stereocenters. The van der Waals surface area contributed by atoms with Gasteiger partial charge in [0.05, 0.1) is 32.5 Å². The number of carbonyl (C=O) groups is 2. The van der Waals surface area contributed by atoms with Gasteiger partial charge in [0.1, 0.15) is 67.1 Å². The van der Waals surface area contributed by atoms with Crippen molar-refractivity contribution in [2.75, 3.05) is 26.4 Å². The molecule has 2 aliphatic heterocycles. The second-order valence-corrected chi connectivity index (χ2v) is 9.61. The number of aliphatic hydroxyl groups is 10. The first-order valence-electron chi connectivity index (χ1n) is 12.5. The van der Waals surface area contributed by atoms with E-state index in [1.807, 2.05) is 0 Å². The zero-order chi connectivity index (χ0) is 30.3. The van der Waals surface area contributed by atoms with Gasteiger partial charge in [-0.05, 0) is 0 Å². The Kier molecular flexibility index (Phi) is 13.5. The summed E-state index contributed by atoms with van der Waals surface area (Å²) >= 11 is 0. The third kappa shape index (κ3) is 8.46. The fourth-order valence-corrected chi connectivity index (χ4v) is 4.36. The smallest absolute Gasteiger partial charge is 0.217 e. The maximum Gasteiger partial charge on any atom is 0.217 e. The Balaban J connectivity index is 2.22. The molecule has 2 rings (SSSR count). The van der Waals surface area contributed by atoms with Crippen LogP contribution in [0.4, 0.5) is 0 Å². The minimum absolute atomic E-state index is 0.634. The summed E-state index contributed by atoms with van der Waals surface area (Å²) in [4.78, 5) is 23.3. The second-order valence-electron chi connectivity index (χ2n) is 9.61. The highest BCUT2D eigenvalue weighted by Gasteiger charge is 2.48. The average molecular weight is 589 g/mol. The first-order chi connectivity index (χ1) is 18.8. The molecule has 12 N–H and O–H groups in total. The van der Waals surface area contributed by atoms with Crippen molar-refractivity contribution >= 4 is 11.8 Å². The van der Waals surface area contributed by atoms with Crippen LogP contribution in [0.25, 0.3) is 0 Å². The van der Waals surface area contributed by atoms with Crippen molar-refractivity contribution in [2.45, 2.75) is 99.6 Å². The molecule has 40 heavy (non-hydrogen) atoms. The van der Waals surface area contributed by atoms with Gasteiger partial charge in [-0.3, -0.25) is 9.59 Å². The monoisotopic (exact) mass is 588 g/mol. The Bertz CT molecular complexity index is 807. The maximum absolute atomic E-state index is 11.7. The van der Waals surface area contributed by atoms with Gasteiger partial charge in [0, 0.05) is 13.8 Å². The molecule has 0 spiro atoms. The molecule has 2 aliphatic rings. The summed E-state index contributed by atoms with van der Waals surface area (Å²) < 4.78 is 21.6. The van der Waals surface area contributed by atoms with Gasteiger partial charge in [-0.1, -0.05) is 0 Å². The molecule has 0 aromatic rings. The van der Waals surface area contributed by atoms with E-state index < -0.39 is 124 Å². The summed E-state index contributed by atoms with van der Waals surface area (Å²) in [6.45, 7) is -0.985. The van der Waals surface area contributed by atoms with Crippen molar-refractivity contribution in [3.63, 3.8) is 0 Å². The number of hydrogen-bond donors (Lipinski definition) is 12. The molecule has 234 valence electrons. The molecule has 2 heterocycles. The van der Waals surface area contributed by atoms with E-state index in [1.54, 1.807) is 0 Å². The minimum Gasteiger partial charge on any atom is -0.394 e. The van der Waals surface area contributed by atoms with E-state index in [2.05, 4.69) is 10.6 Å². The van der Waals surface area contributed by atoms with E-state index in [0.29, 0.717) is 0 Å². The molecule has 18 heteroatoms. The molecular formula is C22H40N2O16. The van der Waals surface area contributed by atoms with Gasteiger partial charge in [-0.2, -0.15) is 0 Å². The lowest BCUT2D eigenvalue weighted by Crippen LogP contribution is -2.65. The lowest BCUT2D eigenvalue weighted by molar-refractivity contribution is -0.323. The maximum atomic E-state index is 11.7. The van der Waals surface area contributed by atoms with E-state index in [4.69, 9.17) is 18.9 Å². The van der Waals surface area contributed by atoms with Gasteiger partial charge in [0.15, 0.2) is 12.6 Å². The third-order valence-corrected chi connectivity index (χ3v) is 6.53. The fourth-order valence-electron chi connectivity index (χ4n) is 4.36. The Hall–Kier alpha value is -1.62. The molecule has 2 fully saturated rings. The van der Waals surface area contributed by atoms with Crippen molar-refractivity contribution in [3.05, 3.63) is 0 Å². The van der Waals surface area contributed by atoms with Crippen LogP contribution in [0.1, 0.15) is 13.8 Å². The van der Waals surface area contributed by atoms with Crippen LogP contribution in [0.3, 0.4) is 0 Å². The first kappa shape index (κ1) is 34.6. The van der Waals surface area contributed by atoms with E-state index in [9.17, 15) is 60.7 Å². The summed E-state index contributed by atoms with van der Waals surface area (Å²) in [6.07, 6.45) is -20.5. The standard InChI is InChI=1S/C22H40N2O16/c1-7(28)23-9(3-25)20(40-22-19(36)18(35)16(33)12(5-27)39-22)14(31)10(30)6-37-21-13(24-8(2)29)17(34)15(32)11(4-26)38-21/h9-22,25-27,30-36H,3-6H2,1-2H3,(H,23,28)(H,24,29)/t9-,10+,11+,12+,13+,14-,15-,16-,17+,18-,19+,20+,21+,22-/m0/s1. The summed E-state index contributed by atoms with van der Waals surface area (Å²) in [6, 6.07) is -2.78. The Morgan fingerprint density at radius 1 is 0.800 bits per heavy atom. The van der Waals surface area contributed by atoms with Crippen LogP contribution < -0.4 is 10.6 Å². The molecular weight excluding hydrogens is 548 g/mol. The first-order valence-corrected chi connectivity index (χ1v) is 12.5. The highest BCUT2D eigenvalue weighted by Crippen LogP contribution is 2.26. The molecule has 0 aromatic carbocycles. The second kappa shape index (κ2) is 15.6. The summed E-state index contributed by atoms with van der Waals surface area (Å²) in [5.74, 6) is -1.32. The number of nitrogens with one attached hydrogen (secondary N) is 2. The highest BCUT2D eigenvalue weighted by molar-refractivity contribution is 5.73. The summed E-state index contributed by atoms with van der Waals surface area (Å²) in [7, 11) is 0. The lowest BCUT2D eigenvalue weighted by Gasteiger charge is -2.43. The zero-order valence-electron chi connectivity index (χ0n) is 21.8. The van der Waals surface area contributed by atoms with Crippen molar-refractivity contribution < 1.29 is 79.6 Å². The van der Waals surface area contributed by atoms with E-state index in [-0.39, 0.29) is 0 Å². The van der Waals surface area contributed by atoms with E-state index in [1.165, 1.54) is 0 Å². The summed E-state index contributed by atoms with van der Waals surface area (Å²) in [5, 5.41) is 106. The Morgan fingerprint density at radius 3 is 1.85 bits per heavy atom. The topological polar surface area (TPSA) is 297 Å². The quantitative estimate of drug-likeness (QED) is 0.0950. The van der Waals surface area contributed by atoms with Crippen LogP contribution in [-0.4, -0.2) is 175 Å². The van der Waals surface area contributed by atoms with Crippen LogP contribution in [0.5, 0.6) is 0 Å². The molecule has 2 amide bonds. The molecule has 2 saturated heterocycles. The van der Waals surface area contributed by atoms with Gasteiger partial charge in [0.2, 0.25) is 11.8 Å². The van der Waals surface area contributed by atoms with Gasteiger partial charge >= 0.3 is 0 Å². The third-order valence-electron chi connectivity index (χ3n) is 6.53. The minimum atomic E-state index is -2.02. The summed E-state index contributed by atoms with van der Waals surface area (Å²) in [5.41, 5.74) is 0. The molecule has 0 aliphatic carbocycles. The predicted octanol–water partition coefficient (Wildman–Crippen LogP) is -7.65. The van der Waals surface area contributed by atoms with E-state index in [0.717, 1.165) is 13.8 Å². The van der Waals surface area contributed by atoms with Gasteiger partial charge in [0.25, 0.3) is 0 Å². The van der Waals surface area contributed by atoms with Crippen LogP contribution in [-0.2, 0) is 28.5 Å². The number of hydrogen-bond acceptors (Lipinski definition) is 16. The molecule has 14 atom stereocenters. The number of aliphatic hydroxyl groups excluding tert-OH is 10. The van der Waals surface area contributed by atoms with Gasteiger partial charge in [-0.15, -0.1) is 0 Å². The molecule has 0 saturated carbocycles. The Morgan fingerprint density at radius 2 is 1.35 bits per heavy atom.